The van der Waals surface area contributed by atoms with Gasteiger partial charge in [0.25, 0.3) is 0 Å². The van der Waals surface area contributed by atoms with Crippen LogP contribution in [0.15, 0.2) is 36.4 Å². The molecule has 0 aliphatic carbocycles. The van der Waals surface area contributed by atoms with E-state index in [-0.39, 0.29) is 11.7 Å². The van der Waals surface area contributed by atoms with Crippen LogP contribution in [0.25, 0.3) is 16.7 Å². The normalized spacial score (nSPS) is 11.2. The van der Waals surface area contributed by atoms with Crippen LogP contribution in [0.4, 0.5) is 4.39 Å². The van der Waals surface area contributed by atoms with Gasteiger partial charge in [-0.1, -0.05) is 29.3 Å². The minimum atomic E-state index is -0.358. The van der Waals surface area contributed by atoms with Gasteiger partial charge in [0.2, 0.25) is 0 Å². The molecule has 0 aliphatic rings. The van der Waals surface area contributed by atoms with Crippen molar-refractivity contribution in [3.63, 3.8) is 0 Å². The molecule has 1 aromatic heterocycles. The number of hydrogen-bond donors (Lipinski definition) is 0. The maximum absolute atomic E-state index is 13.5. The summed E-state index contributed by atoms with van der Waals surface area (Å²) in [7, 11) is 0. The first-order chi connectivity index (χ1) is 9.61. The molecule has 0 amide bonds. The van der Waals surface area contributed by atoms with Gasteiger partial charge in [-0.3, -0.25) is 4.57 Å². The summed E-state index contributed by atoms with van der Waals surface area (Å²) < 4.78 is 15.2. The first kappa shape index (κ1) is 13.7. The molecule has 102 valence electrons. The van der Waals surface area contributed by atoms with E-state index in [2.05, 4.69) is 4.98 Å². The van der Waals surface area contributed by atoms with Crippen LogP contribution in [0, 0.1) is 5.82 Å². The number of imidazole rings is 1. The highest BCUT2D eigenvalue weighted by atomic mass is 35.5. The molecule has 0 atom stereocenters. The summed E-state index contributed by atoms with van der Waals surface area (Å²) >= 11 is 18.4. The molecule has 2 aromatic carbocycles. The van der Waals surface area contributed by atoms with E-state index < -0.39 is 0 Å². The zero-order chi connectivity index (χ0) is 14.3. The molecule has 0 saturated carbocycles. The van der Waals surface area contributed by atoms with Crippen molar-refractivity contribution in [2.75, 3.05) is 0 Å². The number of rotatable bonds is 2. The molecule has 6 heteroatoms. The van der Waals surface area contributed by atoms with Gasteiger partial charge in [0.05, 0.1) is 32.6 Å². The van der Waals surface area contributed by atoms with E-state index in [1.54, 1.807) is 28.8 Å². The third-order valence-corrected chi connectivity index (χ3v) is 3.82. The first-order valence-electron chi connectivity index (χ1n) is 5.79. The Morgan fingerprint density at radius 1 is 1.10 bits per heavy atom. The standard InChI is InChI=1S/C14H8Cl3FN2/c15-7-13-19-11-5-4-8(18)6-12(11)20(13)14-9(16)2-1-3-10(14)17/h1-6H,7H2. The summed E-state index contributed by atoms with van der Waals surface area (Å²) in [5.41, 5.74) is 1.77. The Kier molecular flexibility index (Phi) is 3.59. The van der Waals surface area contributed by atoms with E-state index >= 15 is 0 Å². The number of halogens is 4. The van der Waals surface area contributed by atoms with Gasteiger partial charge < -0.3 is 0 Å². The lowest BCUT2D eigenvalue weighted by Gasteiger charge is -2.11. The molecule has 0 aliphatic heterocycles. The van der Waals surface area contributed by atoms with Crippen molar-refractivity contribution in [2.24, 2.45) is 0 Å². The second-order valence-electron chi connectivity index (χ2n) is 4.20. The fourth-order valence-electron chi connectivity index (χ4n) is 2.14. The average molecular weight is 330 g/mol. The van der Waals surface area contributed by atoms with Crippen LogP contribution in [-0.4, -0.2) is 9.55 Å². The molecule has 0 unspecified atom stereocenters. The predicted octanol–water partition coefficient (Wildman–Crippen LogP) is 5.21. The molecule has 3 rings (SSSR count). The minimum Gasteiger partial charge on any atom is -0.292 e. The van der Waals surface area contributed by atoms with E-state index in [1.807, 2.05) is 0 Å². The number of nitrogens with zero attached hydrogens (tertiary/aromatic N) is 2. The lowest BCUT2D eigenvalue weighted by molar-refractivity contribution is 0.629. The van der Waals surface area contributed by atoms with Crippen molar-refractivity contribution >= 4 is 45.8 Å². The summed E-state index contributed by atoms with van der Waals surface area (Å²) in [5, 5.41) is 0.903. The smallest absolute Gasteiger partial charge is 0.129 e. The van der Waals surface area contributed by atoms with E-state index in [9.17, 15) is 4.39 Å². The Morgan fingerprint density at radius 2 is 1.80 bits per heavy atom. The van der Waals surface area contributed by atoms with E-state index in [1.165, 1.54) is 12.1 Å². The molecule has 0 saturated heterocycles. The van der Waals surface area contributed by atoms with Gasteiger partial charge in [0, 0.05) is 6.07 Å². The summed E-state index contributed by atoms with van der Waals surface area (Å²) in [5.74, 6) is 0.364. The highest BCUT2D eigenvalue weighted by Gasteiger charge is 2.17. The van der Waals surface area contributed by atoms with Crippen molar-refractivity contribution < 1.29 is 4.39 Å². The number of hydrogen-bond acceptors (Lipinski definition) is 1. The fourth-order valence-corrected chi connectivity index (χ4v) is 2.89. The Bertz CT molecular complexity index is 778. The SMILES string of the molecule is Fc1ccc2nc(CCl)n(-c3c(Cl)cccc3Cl)c2c1. The Balaban J connectivity index is 2.42. The molecule has 3 aromatic rings. The van der Waals surface area contributed by atoms with Crippen LogP contribution in [0.2, 0.25) is 10.0 Å². The molecule has 1 heterocycles. The molecule has 0 radical (unpaired) electrons. The maximum atomic E-state index is 13.5. The Labute approximate surface area is 129 Å². The van der Waals surface area contributed by atoms with Crippen molar-refractivity contribution in [1.82, 2.24) is 9.55 Å². The van der Waals surface area contributed by atoms with E-state index in [4.69, 9.17) is 34.8 Å². The second kappa shape index (κ2) is 5.24. The minimum absolute atomic E-state index is 0.165. The number of alkyl halides is 1. The highest BCUT2D eigenvalue weighted by molar-refractivity contribution is 6.37. The van der Waals surface area contributed by atoms with Crippen LogP contribution in [-0.2, 0) is 5.88 Å². The molecule has 0 fully saturated rings. The average Bonchev–Trinajstić information content (AvgIpc) is 2.77. The number of fused-ring (bicyclic) bond motifs is 1. The Hall–Kier alpha value is -1.29. The van der Waals surface area contributed by atoms with E-state index in [0.29, 0.717) is 32.6 Å². The molecular formula is C14H8Cl3FN2. The zero-order valence-corrected chi connectivity index (χ0v) is 12.3. The van der Waals surface area contributed by atoms with Crippen LogP contribution in [0.5, 0.6) is 0 Å². The largest absolute Gasteiger partial charge is 0.292 e. The number of aromatic nitrogens is 2. The van der Waals surface area contributed by atoms with Crippen LogP contribution < -0.4 is 0 Å². The van der Waals surface area contributed by atoms with Crippen molar-refractivity contribution in [3.05, 3.63) is 58.1 Å². The number of benzene rings is 2. The van der Waals surface area contributed by atoms with Gasteiger partial charge in [-0.2, -0.15) is 0 Å². The molecule has 0 bridgehead atoms. The summed E-state index contributed by atoms with van der Waals surface area (Å²) in [6, 6.07) is 9.51. The van der Waals surface area contributed by atoms with Crippen molar-refractivity contribution in [2.45, 2.75) is 5.88 Å². The fraction of sp³-hybridized carbons (Fsp3) is 0.0714. The molecule has 0 N–H and O–H groups in total. The van der Waals surface area contributed by atoms with Crippen LogP contribution in [0.1, 0.15) is 5.82 Å². The van der Waals surface area contributed by atoms with Gasteiger partial charge in [0.15, 0.2) is 0 Å². The van der Waals surface area contributed by atoms with Crippen molar-refractivity contribution in [3.8, 4) is 5.69 Å². The van der Waals surface area contributed by atoms with Gasteiger partial charge in [0.1, 0.15) is 11.6 Å². The monoisotopic (exact) mass is 328 g/mol. The van der Waals surface area contributed by atoms with Gasteiger partial charge in [-0.25, -0.2) is 9.37 Å². The highest BCUT2D eigenvalue weighted by Crippen LogP contribution is 2.33. The lowest BCUT2D eigenvalue weighted by Crippen LogP contribution is -2.01. The predicted molar refractivity (Wildman–Crippen MR) is 80.6 cm³/mol. The molecule has 2 nitrogen and oxygen atoms in total. The van der Waals surface area contributed by atoms with E-state index in [0.717, 1.165) is 0 Å². The summed E-state index contributed by atoms with van der Waals surface area (Å²) in [6.07, 6.45) is 0. The van der Waals surface area contributed by atoms with Crippen molar-refractivity contribution in [1.29, 1.82) is 0 Å². The molecule has 20 heavy (non-hydrogen) atoms. The van der Waals surface area contributed by atoms with Gasteiger partial charge in [-0.05, 0) is 24.3 Å². The van der Waals surface area contributed by atoms with Crippen LogP contribution >= 0.6 is 34.8 Å². The molecular weight excluding hydrogens is 322 g/mol. The number of para-hydroxylation sites is 1. The van der Waals surface area contributed by atoms with Crippen LogP contribution in [0.3, 0.4) is 0 Å². The summed E-state index contributed by atoms with van der Waals surface area (Å²) in [6.45, 7) is 0. The zero-order valence-electron chi connectivity index (χ0n) is 10.1. The topological polar surface area (TPSA) is 17.8 Å². The summed E-state index contributed by atoms with van der Waals surface area (Å²) in [4.78, 5) is 4.38. The maximum Gasteiger partial charge on any atom is 0.129 e. The third-order valence-electron chi connectivity index (χ3n) is 2.97. The Morgan fingerprint density at radius 3 is 2.45 bits per heavy atom. The van der Waals surface area contributed by atoms with Gasteiger partial charge in [-0.15, -0.1) is 11.6 Å². The second-order valence-corrected chi connectivity index (χ2v) is 5.28. The third kappa shape index (κ3) is 2.16. The van der Waals surface area contributed by atoms with Gasteiger partial charge >= 0.3 is 0 Å². The lowest BCUT2D eigenvalue weighted by atomic mass is 10.2. The quantitative estimate of drug-likeness (QED) is 0.590. The molecule has 0 spiro atoms. The first-order valence-corrected chi connectivity index (χ1v) is 7.08.